The van der Waals surface area contributed by atoms with Crippen LogP contribution in [0.3, 0.4) is 0 Å². The zero-order chi connectivity index (χ0) is 28.3. The number of pyridine rings is 1. The molecule has 0 bridgehead atoms. The molecular weight excluding hydrogens is 543 g/mol. The average molecular weight is 568 g/mol. The molecule has 0 fully saturated rings. The zero-order valence-electron chi connectivity index (χ0n) is 21.0. The minimum atomic E-state index is -4.74. The summed E-state index contributed by atoms with van der Waals surface area (Å²) in [6, 6.07) is 18.2. The van der Waals surface area contributed by atoms with E-state index in [1.807, 2.05) is 0 Å². The Hall–Kier alpha value is -4.38. The summed E-state index contributed by atoms with van der Waals surface area (Å²) in [4.78, 5) is 15.9. The number of nitrogens with zero attached hydrogens (tertiary/aromatic N) is 1. The van der Waals surface area contributed by atoms with Crippen molar-refractivity contribution in [3.8, 4) is 5.75 Å². The monoisotopic (exact) mass is 567 g/mol. The number of anilines is 1. The van der Waals surface area contributed by atoms with Crippen LogP contribution in [0.5, 0.6) is 5.75 Å². The number of sulfone groups is 1. The van der Waals surface area contributed by atoms with Gasteiger partial charge < -0.3 is 15.4 Å². The van der Waals surface area contributed by atoms with Crippen molar-refractivity contribution >= 4 is 21.4 Å². The number of aromatic nitrogens is 1. The fourth-order valence-corrected chi connectivity index (χ4v) is 5.74. The summed E-state index contributed by atoms with van der Waals surface area (Å²) in [6.45, 7) is 0.117. The SMILES string of the molecule is O=C(NCc1ccc(S(=O)(=O)c2cc(C(F)(F)F)ccc2OCc2ccccc2)cc1)C1Cc2cnccc2N1. The standard InChI is InChI=1S/C29H24F3N3O4S/c30-29(31,32)22-8-11-26(39-18-20-4-2-1-3-5-20)27(15-22)40(37,38)23-9-6-19(7-10-23)16-34-28(36)25-14-21-17-33-13-12-24(21)35-25/h1-13,15,17,25,35H,14,16,18H2,(H,34,36). The molecule has 1 aliphatic heterocycles. The molecule has 0 spiro atoms. The third-order valence-electron chi connectivity index (χ3n) is 6.47. The van der Waals surface area contributed by atoms with Gasteiger partial charge in [0.25, 0.3) is 0 Å². The van der Waals surface area contributed by atoms with Gasteiger partial charge in [0.2, 0.25) is 15.7 Å². The topological polar surface area (TPSA) is 97.4 Å². The molecule has 11 heteroatoms. The van der Waals surface area contributed by atoms with Gasteiger partial charge in [0.15, 0.2) is 0 Å². The third-order valence-corrected chi connectivity index (χ3v) is 8.26. The highest BCUT2D eigenvalue weighted by Crippen LogP contribution is 2.37. The lowest BCUT2D eigenvalue weighted by Gasteiger charge is -2.16. The van der Waals surface area contributed by atoms with Crippen LogP contribution in [-0.2, 0) is 40.4 Å². The van der Waals surface area contributed by atoms with Crippen molar-refractivity contribution in [3.05, 3.63) is 114 Å². The zero-order valence-corrected chi connectivity index (χ0v) is 21.8. The first-order valence-corrected chi connectivity index (χ1v) is 13.8. The van der Waals surface area contributed by atoms with Crippen LogP contribution in [0.15, 0.2) is 101 Å². The largest absolute Gasteiger partial charge is 0.488 e. The molecule has 2 heterocycles. The number of hydrogen-bond donors (Lipinski definition) is 2. The van der Waals surface area contributed by atoms with Gasteiger partial charge in [-0.2, -0.15) is 13.2 Å². The molecule has 1 amide bonds. The molecule has 1 unspecified atom stereocenters. The van der Waals surface area contributed by atoms with Crippen LogP contribution >= 0.6 is 0 Å². The van der Waals surface area contributed by atoms with Crippen LogP contribution in [0.2, 0.25) is 0 Å². The molecule has 1 aromatic heterocycles. The summed E-state index contributed by atoms with van der Waals surface area (Å²) in [6.07, 6.45) is -0.898. The van der Waals surface area contributed by atoms with Gasteiger partial charge in [-0.1, -0.05) is 42.5 Å². The molecule has 1 aliphatic rings. The number of alkyl halides is 3. The van der Waals surface area contributed by atoms with Gasteiger partial charge in [-0.3, -0.25) is 9.78 Å². The maximum absolute atomic E-state index is 13.5. The molecule has 0 saturated heterocycles. The van der Waals surface area contributed by atoms with Crippen LogP contribution in [0.1, 0.15) is 22.3 Å². The summed E-state index contributed by atoms with van der Waals surface area (Å²) < 4.78 is 73.0. The summed E-state index contributed by atoms with van der Waals surface area (Å²) in [5.41, 5.74) is 2.04. The maximum Gasteiger partial charge on any atom is 0.416 e. The minimum absolute atomic E-state index is 0.0230. The Bertz CT molecular complexity index is 1600. The Morgan fingerprint density at radius 1 is 1.00 bits per heavy atom. The number of carbonyl (C=O) groups is 1. The second-order valence-corrected chi connectivity index (χ2v) is 11.2. The van der Waals surface area contributed by atoms with E-state index in [9.17, 15) is 26.4 Å². The summed E-state index contributed by atoms with van der Waals surface area (Å²) in [5, 5.41) is 5.95. The number of rotatable bonds is 8. The molecule has 40 heavy (non-hydrogen) atoms. The number of amides is 1. The first kappa shape index (κ1) is 27.2. The Morgan fingerprint density at radius 2 is 1.75 bits per heavy atom. The van der Waals surface area contributed by atoms with E-state index in [2.05, 4.69) is 15.6 Å². The Morgan fingerprint density at radius 3 is 2.45 bits per heavy atom. The van der Waals surface area contributed by atoms with Crippen LogP contribution < -0.4 is 15.4 Å². The maximum atomic E-state index is 13.5. The molecule has 1 atom stereocenters. The molecule has 0 saturated carbocycles. The van der Waals surface area contributed by atoms with Gasteiger partial charge in [0.05, 0.1) is 10.5 Å². The van der Waals surface area contributed by atoms with Crippen LogP contribution in [0, 0.1) is 0 Å². The molecule has 0 aliphatic carbocycles. The van der Waals surface area contributed by atoms with Crippen molar-refractivity contribution in [2.24, 2.45) is 0 Å². The third kappa shape index (κ3) is 5.94. The number of nitrogens with one attached hydrogen (secondary N) is 2. The molecular formula is C29H24F3N3O4S. The lowest BCUT2D eigenvalue weighted by Crippen LogP contribution is -2.38. The quantitative estimate of drug-likeness (QED) is 0.305. The molecule has 206 valence electrons. The molecule has 0 radical (unpaired) electrons. The van der Waals surface area contributed by atoms with Crippen molar-refractivity contribution in [1.82, 2.24) is 10.3 Å². The first-order chi connectivity index (χ1) is 19.1. The van der Waals surface area contributed by atoms with Crippen molar-refractivity contribution in [3.63, 3.8) is 0 Å². The molecule has 3 aromatic carbocycles. The summed E-state index contributed by atoms with van der Waals surface area (Å²) in [5.74, 6) is -0.412. The second-order valence-electron chi connectivity index (χ2n) is 9.23. The highest BCUT2D eigenvalue weighted by atomic mass is 32.2. The summed E-state index contributed by atoms with van der Waals surface area (Å²) in [7, 11) is -4.38. The van der Waals surface area contributed by atoms with Crippen molar-refractivity contribution in [1.29, 1.82) is 0 Å². The van der Waals surface area contributed by atoms with Crippen molar-refractivity contribution < 1.29 is 31.1 Å². The van der Waals surface area contributed by atoms with E-state index in [1.54, 1.807) is 48.8 Å². The fraction of sp³-hybridized carbons (Fsp3) is 0.172. The molecule has 2 N–H and O–H groups in total. The van der Waals surface area contributed by atoms with Crippen LogP contribution in [0.4, 0.5) is 18.9 Å². The predicted molar refractivity (Wildman–Crippen MR) is 141 cm³/mol. The Labute approximate surface area is 229 Å². The molecule has 7 nitrogen and oxygen atoms in total. The molecule has 5 rings (SSSR count). The number of benzene rings is 3. The number of ether oxygens (including phenoxy) is 1. The second kappa shape index (κ2) is 11.0. The van der Waals surface area contributed by atoms with Gasteiger partial charge in [-0.05, 0) is 53.1 Å². The van der Waals surface area contributed by atoms with E-state index in [0.717, 1.165) is 28.9 Å². The highest BCUT2D eigenvalue weighted by molar-refractivity contribution is 7.91. The number of halogens is 3. The summed E-state index contributed by atoms with van der Waals surface area (Å²) >= 11 is 0. The average Bonchev–Trinajstić information content (AvgIpc) is 3.40. The van der Waals surface area contributed by atoms with E-state index in [0.29, 0.717) is 18.1 Å². The smallest absolute Gasteiger partial charge is 0.416 e. The fourth-order valence-electron chi connectivity index (χ4n) is 4.32. The number of hydrogen-bond acceptors (Lipinski definition) is 6. The molecule has 4 aromatic rings. The predicted octanol–water partition coefficient (Wildman–Crippen LogP) is 5.17. The van der Waals surface area contributed by atoms with E-state index < -0.39 is 32.5 Å². The normalized spacial score (nSPS) is 14.7. The van der Waals surface area contributed by atoms with Gasteiger partial charge in [0.1, 0.15) is 23.3 Å². The lowest BCUT2D eigenvalue weighted by atomic mass is 10.1. The van der Waals surface area contributed by atoms with E-state index in [1.165, 1.54) is 24.3 Å². The first-order valence-electron chi connectivity index (χ1n) is 12.3. The van der Waals surface area contributed by atoms with Gasteiger partial charge in [-0.15, -0.1) is 0 Å². The Balaban J connectivity index is 1.32. The lowest BCUT2D eigenvalue weighted by molar-refractivity contribution is -0.137. The van der Waals surface area contributed by atoms with Crippen molar-refractivity contribution in [2.75, 3.05) is 5.32 Å². The van der Waals surface area contributed by atoms with E-state index in [-0.39, 0.29) is 29.7 Å². The highest BCUT2D eigenvalue weighted by Gasteiger charge is 2.34. The van der Waals surface area contributed by atoms with E-state index in [4.69, 9.17) is 4.74 Å². The minimum Gasteiger partial charge on any atom is -0.488 e. The number of fused-ring (bicyclic) bond motifs is 1. The van der Waals surface area contributed by atoms with Crippen LogP contribution in [0.25, 0.3) is 0 Å². The van der Waals surface area contributed by atoms with Gasteiger partial charge >= 0.3 is 6.18 Å². The van der Waals surface area contributed by atoms with Gasteiger partial charge in [-0.25, -0.2) is 8.42 Å². The number of carbonyl (C=O) groups excluding carboxylic acids is 1. The van der Waals surface area contributed by atoms with Crippen molar-refractivity contribution in [2.45, 2.75) is 41.6 Å². The van der Waals surface area contributed by atoms with E-state index >= 15 is 0 Å². The van der Waals surface area contributed by atoms with Gasteiger partial charge in [0, 0.05) is 31.0 Å². The Kier molecular flexibility index (Phi) is 7.49. The van der Waals surface area contributed by atoms with Crippen LogP contribution in [-0.4, -0.2) is 25.4 Å².